The Balaban J connectivity index is 1.48. The fourth-order valence-electron chi connectivity index (χ4n) is 5.41. The summed E-state index contributed by atoms with van der Waals surface area (Å²) < 4.78 is 4.74. The summed E-state index contributed by atoms with van der Waals surface area (Å²) in [6.07, 6.45) is 14.9. The Morgan fingerprint density at radius 3 is 1.51 bits per heavy atom. The second-order valence-corrected chi connectivity index (χ2v) is 11.4. The summed E-state index contributed by atoms with van der Waals surface area (Å²) >= 11 is 3.66. The summed E-state index contributed by atoms with van der Waals surface area (Å²) in [7, 11) is 0. The molecular formula is C35H30N2S2. The molecule has 6 rings (SSSR count). The third-order valence-electron chi connectivity index (χ3n) is 6.96. The highest BCUT2D eigenvalue weighted by Crippen LogP contribution is 2.41. The molecule has 2 aromatic carbocycles. The Bertz CT molecular complexity index is 1910. The molecule has 192 valence electrons. The van der Waals surface area contributed by atoms with Crippen LogP contribution in [0.3, 0.4) is 0 Å². The number of benzene rings is 2. The molecule has 0 saturated carbocycles. The van der Waals surface area contributed by atoms with E-state index in [1.165, 1.54) is 58.4 Å². The van der Waals surface area contributed by atoms with Crippen LogP contribution in [0.2, 0.25) is 0 Å². The fourth-order valence-corrected chi connectivity index (χ4v) is 7.57. The van der Waals surface area contributed by atoms with Crippen LogP contribution < -0.4 is 0 Å². The molecule has 0 aliphatic rings. The lowest BCUT2D eigenvalue weighted by Gasteiger charge is -2.06. The second-order valence-electron chi connectivity index (χ2n) is 9.28. The highest BCUT2D eigenvalue weighted by Gasteiger charge is 2.19. The van der Waals surface area contributed by atoms with Crippen LogP contribution in [-0.4, -0.2) is 9.13 Å². The maximum absolute atomic E-state index is 4.16. The molecule has 0 spiro atoms. The highest BCUT2D eigenvalue weighted by molar-refractivity contribution is 7.24. The van der Waals surface area contributed by atoms with E-state index in [1.54, 1.807) is 0 Å². The smallest absolute Gasteiger partial charge is 0.101 e. The normalized spacial score (nSPS) is 12.3. The summed E-state index contributed by atoms with van der Waals surface area (Å²) in [5.41, 5.74) is 7.23. The summed E-state index contributed by atoms with van der Waals surface area (Å²) in [5.74, 6) is 0. The van der Waals surface area contributed by atoms with Gasteiger partial charge in [0.2, 0.25) is 0 Å². The lowest BCUT2D eigenvalue weighted by Crippen LogP contribution is -1.93. The topological polar surface area (TPSA) is 9.86 Å². The van der Waals surface area contributed by atoms with Crippen LogP contribution >= 0.6 is 22.7 Å². The molecule has 6 aromatic rings. The van der Waals surface area contributed by atoms with Gasteiger partial charge in [-0.25, -0.2) is 0 Å². The summed E-state index contributed by atoms with van der Waals surface area (Å²) in [4.78, 5) is 2.53. The molecule has 0 fully saturated rings. The number of rotatable bonds is 7. The van der Waals surface area contributed by atoms with Crippen LogP contribution in [0.15, 0.2) is 97.6 Å². The Morgan fingerprint density at radius 1 is 0.564 bits per heavy atom. The van der Waals surface area contributed by atoms with Crippen LogP contribution in [0, 0.1) is 0 Å². The van der Waals surface area contributed by atoms with Gasteiger partial charge >= 0.3 is 0 Å². The maximum Gasteiger partial charge on any atom is 0.101 e. The van der Waals surface area contributed by atoms with Gasteiger partial charge in [0.25, 0.3) is 0 Å². The number of hydrogen-bond acceptors (Lipinski definition) is 2. The summed E-state index contributed by atoms with van der Waals surface area (Å²) in [5, 5.41) is 4.92. The molecule has 39 heavy (non-hydrogen) atoms. The van der Waals surface area contributed by atoms with Crippen molar-refractivity contribution in [1.82, 2.24) is 9.13 Å². The van der Waals surface area contributed by atoms with Gasteiger partial charge in [-0.3, -0.25) is 0 Å². The molecule has 0 atom stereocenters. The minimum absolute atomic E-state index is 1.13. The van der Waals surface area contributed by atoms with Crippen LogP contribution in [-0.2, 0) is 0 Å². The van der Waals surface area contributed by atoms with Gasteiger partial charge in [-0.2, -0.15) is 0 Å². The molecule has 0 bridgehead atoms. The van der Waals surface area contributed by atoms with Crippen molar-refractivity contribution in [2.24, 2.45) is 0 Å². The zero-order valence-corrected chi connectivity index (χ0v) is 24.0. The van der Waals surface area contributed by atoms with E-state index in [4.69, 9.17) is 0 Å². The largest absolute Gasteiger partial charge is 0.301 e. The second kappa shape index (κ2) is 10.6. The molecule has 2 nitrogen and oxygen atoms in total. The molecule has 4 heterocycles. The minimum Gasteiger partial charge on any atom is -0.301 e. The van der Waals surface area contributed by atoms with E-state index in [0.717, 1.165) is 5.69 Å². The van der Waals surface area contributed by atoms with Crippen molar-refractivity contribution < 1.29 is 0 Å². The Hall–Kier alpha value is -4.12. The first-order chi connectivity index (χ1) is 19.2. The number of nitrogens with zero attached hydrogens (tertiary/aromatic N) is 2. The molecule has 4 aromatic heterocycles. The van der Waals surface area contributed by atoms with E-state index in [1.807, 2.05) is 28.7 Å². The van der Waals surface area contributed by atoms with E-state index in [0.29, 0.717) is 0 Å². The first-order valence-electron chi connectivity index (χ1n) is 13.2. The van der Waals surface area contributed by atoms with Crippen LogP contribution in [0.4, 0.5) is 0 Å². The first kappa shape index (κ1) is 25.2. The van der Waals surface area contributed by atoms with E-state index in [-0.39, 0.29) is 0 Å². The predicted octanol–water partition coefficient (Wildman–Crippen LogP) is 11.1. The van der Waals surface area contributed by atoms with Gasteiger partial charge < -0.3 is 9.13 Å². The molecule has 4 heteroatoms. The lowest BCUT2D eigenvalue weighted by atomic mass is 10.1. The Kier molecular flexibility index (Phi) is 6.82. The van der Waals surface area contributed by atoms with Crippen LogP contribution in [0.5, 0.6) is 0 Å². The zero-order valence-electron chi connectivity index (χ0n) is 22.4. The maximum atomic E-state index is 4.16. The number of para-hydroxylation sites is 2. The number of thiophene rings is 2. The van der Waals surface area contributed by atoms with Crippen LogP contribution in [0.1, 0.15) is 43.3 Å². The average Bonchev–Trinajstić information content (AvgIpc) is 3.74. The van der Waals surface area contributed by atoms with Crippen molar-refractivity contribution in [1.29, 1.82) is 0 Å². The fraction of sp³-hybridized carbons (Fsp3) is 0.0857. The van der Waals surface area contributed by atoms with Gasteiger partial charge in [0, 0.05) is 31.7 Å². The van der Waals surface area contributed by atoms with Crippen molar-refractivity contribution in [3.05, 3.63) is 120 Å². The van der Waals surface area contributed by atoms with Crippen LogP contribution in [0.25, 0.3) is 65.9 Å². The molecule has 0 aliphatic heterocycles. The first-order valence-corrected chi connectivity index (χ1v) is 14.8. The third kappa shape index (κ3) is 4.17. The molecule has 0 amide bonds. The van der Waals surface area contributed by atoms with E-state index in [9.17, 15) is 0 Å². The van der Waals surface area contributed by atoms with E-state index >= 15 is 0 Å². The molecular weight excluding hydrogens is 513 g/mol. The SMILES string of the molecule is C=Cc1c(/C=C\C)c2ccccc2n1-c1ccc(-c2ccc(-n3c(/C=C\C)c(/C=C\C)c4ccccc43)s2)s1. The van der Waals surface area contributed by atoms with Gasteiger partial charge in [-0.05, 0) is 69.3 Å². The lowest BCUT2D eigenvalue weighted by molar-refractivity contribution is 1.14. The molecule has 0 radical (unpaired) electrons. The highest BCUT2D eigenvalue weighted by atomic mass is 32.1. The van der Waals surface area contributed by atoms with Gasteiger partial charge in [-0.15, -0.1) is 22.7 Å². The van der Waals surface area contributed by atoms with Gasteiger partial charge in [0.1, 0.15) is 10.0 Å². The number of fused-ring (bicyclic) bond motifs is 2. The van der Waals surface area contributed by atoms with Crippen molar-refractivity contribution in [2.45, 2.75) is 20.8 Å². The summed E-state index contributed by atoms with van der Waals surface area (Å²) in [6, 6.07) is 26.3. The van der Waals surface area contributed by atoms with Crippen molar-refractivity contribution in [2.75, 3.05) is 0 Å². The van der Waals surface area contributed by atoms with E-state index < -0.39 is 0 Å². The van der Waals surface area contributed by atoms with Crippen molar-refractivity contribution >= 4 is 68.8 Å². The zero-order chi connectivity index (χ0) is 26.9. The number of hydrogen-bond donors (Lipinski definition) is 0. The minimum atomic E-state index is 1.13. The molecule has 0 unspecified atom stereocenters. The van der Waals surface area contributed by atoms with Gasteiger partial charge in [-0.1, -0.05) is 73.4 Å². The molecule has 0 N–H and O–H groups in total. The Labute approximate surface area is 237 Å². The third-order valence-corrected chi connectivity index (χ3v) is 9.29. The van der Waals surface area contributed by atoms with E-state index in [2.05, 4.69) is 146 Å². The average molecular weight is 543 g/mol. The standard InChI is InChI=1S/C35H30N2S2/c1-5-13-24-26-16-9-11-18-30(26)36(28(24)8-4)34-22-20-32(38-34)33-21-23-35(39-33)37-29(15-7-3)25(14-6-2)27-17-10-12-19-31(27)37/h5-23H,4H2,1-3H3/b13-5-,14-6-,15-7-. The quantitative estimate of drug-likeness (QED) is 0.190. The molecule has 0 aliphatic carbocycles. The predicted molar refractivity (Wildman–Crippen MR) is 176 cm³/mol. The van der Waals surface area contributed by atoms with Gasteiger partial charge in [0.05, 0.1) is 22.4 Å². The van der Waals surface area contributed by atoms with Gasteiger partial charge in [0.15, 0.2) is 0 Å². The van der Waals surface area contributed by atoms with Crippen molar-refractivity contribution in [3.8, 4) is 19.8 Å². The number of allylic oxidation sites excluding steroid dienone is 3. The molecule has 0 saturated heterocycles. The Morgan fingerprint density at radius 2 is 1.03 bits per heavy atom. The summed E-state index contributed by atoms with van der Waals surface area (Å²) in [6.45, 7) is 10.4. The van der Waals surface area contributed by atoms with Crippen molar-refractivity contribution in [3.63, 3.8) is 0 Å². The number of aromatic nitrogens is 2. The monoisotopic (exact) mass is 542 g/mol.